The molecular weight excluding hydrogens is 308 g/mol. The lowest BCUT2D eigenvalue weighted by atomic mass is 10.3. The number of nitrogens with zero attached hydrogens (tertiary/aromatic N) is 3. The molecule has 0 aliphatic heterocycles. The normalized spacial score (nSPS) is 11.1. The fraction of sp³-hybridized carbons (Fsp3) is 0. The summed E-state index contributed by atoms with van der Waals surface area (Å²) >= 11 is 5.54. The third-order valence-electron chi connectivity index (χ3n) is 2.22. The molecule has 1 aromatic carbocycles. The summed E-state index contributed by atoms with van der Waals surface area (Å²) in [6, 6.07) is 6.26. The van der Waals surface area contributed by atoms with Gasteiger partial charge in [-0.1, -0.05) is 12.1 Å². The van der Waals surface area contributed by atoms with Gasteiger partial charge in [-0.3, -0.25) is 14.8 Å². The second-order valence-corrected chi connectivity index (χ2v) is 5.53. The lowest BCUT2D eigenvalue weighted by Gasteiger charge is -2.07. The summed E-state index contributed by atoms with van der Waals surface area (Å²) < 4.78 is 26.3. The zero-order valence-electron chi connectivity index (χ0n) is 9.72. The first-order valence-electron chi connectivity index (χ1n) is 5.15. The van der Waals surface area contributed by atoms with E-state index in [1.807, 2.05) is 0 Å². The Balaban J connectivity index is 2.44. The molecule has 0 amide bonds. The van der Waals surface area contributed by atoms with Crippen LogP contribution in [0.15, 0.2) is 41.4 Å². The smallest absolute Gasteiger partial charge is 0.263 e. The molecule has 0 saturated carbocycles. The maximum absolute atomic E-state index is 12.1. The van der Waals surface area contributed by atoms with Crippen LogP contribution in [0.2, 0.25) is 5.28 Å². The highest BCUT2D eigenvalue weighted by molar-refractivity contribution is 7.92. The minimum Gasteiger partial charge on any atom is -0.263 e. The van der Waals surface area contributed by atoms with Crippen molar-refractivity contribution in [3.63, 3.8) is 0 Å². The van der Waals surface area contributed by atoms with E-state index in [1.165, 1.54) is 24.4 Å². The number of hydrogen-bond acceptors (Lipinski definition) is 6. The molecule has 1 N–H and O–H groups in total. The summed E-state index contributed by atoms with van der Waals surface area (Å²) in [6.45, 7) is 0. The van der Waals surface area contributed by atoms with Gasteiger partial charge in [0.05, 0.1) is 4.92 Å². The summed E-state index contributed by atoms with van der Waals surface area (Å²) in [5.41, 5.74) is -0.528. The Morgan fingerprint density at radius 1 is 1.25 bits per heavy atom. The third-order valence-corrected chi connectivity index (χ3v) is 3.80. The van der Waals surface area contributed by atoms with E-state index < -0.39 is 25.5 Å². The number of rotatable bonds is 4. The quantitative estimate of drug-likeness (QED) is 0.523. The topological polar surface area (TPSA) is 115 Å². The highest BCUT2D eigenvalue weighted by atomic mass is 35.5. The van der Waals surface area contributed by atoms with Crippen molar-refractivity contribution < 1.29 is 13.3 Å². The van der Waals surface area contributed by atoms with Crippen molar-refractivity contribution in [3.05, 3.63) is 51.9 Å². The Labute approximate surface area is 118 Å². The van der Waals surface area contributed by atoms with Crippen LogP contribution in [0.4, 0.5) is 11.5 Å². The van der Waals surface area contributed by atoms with Crippen LogP contribution in [0.3, 0.4) is 0 Å². The Kier molecular flexibility index (Phi) is 3.81. The van der Waals surface area contributed by atoms with Crippen molar-refractivity contribution in [2.45, 2.75) is 4.90 Å². The lowest BCUT2D eigenvalue weighted by molar-refractivity contribution is -0.387. The molecule has 2 rings (SSSR count). The molecule has 10 heteroatoms. The predicted octanol–water partition coefficient (Wildman–Crippen LogP) is 1.84. The van der Waals surface area contributed by atoms with E-state index >= 15 is 0 Å². The Morgan fingerprint density at radius 2 is 1.95 bits per heavy atom. The van der Waals surface area contributed by atoms with Gasteiger partial charge < -0.3 is 0 Å². The van der Waals surface area contributed by atoms with Crippen LogP contribution in [0, 0.1) is 10.1 Å². The number of hydrogen-bond donors (Lipinski definition) is 1. The first-order valence-corrected chi connectivity index (χ1v) is 7.01. The van der Waals surface area contributed by atoms with E-state index in [4.69, 9.17) is 11.6 Å². The number of halogens is 1. The van der Waals surface area contributed by atoms with Gasteiger partial charge in [0.2, 0.25) is 5.28 Å². The largest absolute Gasteiger partial charge is 0.289 e. The molecule has 0 aliphatic rings. The molecule has 0 aliphatic carbocycles. The second kappa shape index (κ2) is 5.39. The number of para-hydroxylation sites is 1. The fourth-order valence-electron chi connectivity index (χ4n) is 1.42. The number of nitrogens with one attached hydrogen (secondary N) is 1. The Bertz CT molecular complexity index is 765. The number of anilines is 1. The lowest BCUT2D eigenvalue weighted by Crippen LogP contribution is -2.15. The van der Waals surface area contributed by atoms with Crippen LogP contribution in [-0.4, -0.2) is 23.3 Å². The highest BCUT2D eigenvalue weighted by Crippen LogP contribution is 2.24. The van der Waals surface area contributed by atoms with Gasteiger partial charge in [-0.25, -0.2) is 13.4 Å². The average molecular weight is 315 g/mol. The monoisotopic (exact) mass is 314 g/mol. The maximum atomic E-state index is 12.1. The van der Waals surface area contributed by atoms with E-state index in [2.05, 4.69) is 14.7 Å². The van der Waals surface area contributed by atoms with Gasteiger partial charge in [-0.05, 0) is 23.7 Å². The minimum absolute atomic E-state index is 0.0804. The summed E-state index contributed by atoms with van der Waals surface area (Å²) in [5, 5.41) is 10.7. The van der Waals surface area contributed by atoms with E-state index in [0.29, 0.717) is 0 Å². The number of nitro groups is 1. The molecule has 2 aromatic rings. The van der Waals surface area contributed by atoms with Gasteiger partial charge in [0, 0.05) is 12.3 Å². The van der Waals surface area contributed by atoms with Crippen LogP contribution in [-0.2, 0) is 10.0 Å². The third kappa shape index (κ3) is 3.00. The first-order chi connectivity index (χ1) is 9.40. The molecule has 0 fully saturated rings. The van der Waals surface area contributed by atoms with Crippen molar-refractivity contribution in [1.29, 1.82) is 0 Å². The molecule has 0 saturated heterocycles. The summed E-state index contributed by atoms with van der Waals surface area (Å²) in [4.78, 5) is 16.9. The van der Waals surface area contributed by atoms with E-state index in [9.17, 15) is 18.5 Å². The number of aromatic nitrogens is 2. The molecule has 0 spiro atoms. The van der Waals surface area contributed by atoms with Crippen molar-refractivity contribution in [2.24, 2.45) is 0 Å². The molecule has 0 unspecified atom stereocenters. The average Bonchev–Trinajstić information content (AvgIpc) is 2.38. The van der Waals surface area contributed by atoms with Crippen molar-refractivity contribution in [1.82, 2.24) is 9.97 Å². The minimum atomic E-state index is -4.15. The van der Waals surface area contributed by atoms with Crippen molar-refractivity contribution >= 4 is 33.1 Å². The molecule has 1 heterocycles. The van der Waals surface area contributed by atoms with Gasteiger partial charge in [0.15, 0.2) is 4.90 Å². The number of benzene rings is 1. The SMILES string of the molecule is O=[N+]([O-])c1ccccc1S(=O)(=O)Nc1ccnc(Cl)n1. The summed E-state index contributed by atoms with van der Waals surface area (Å²) in [5.74, 6) is -0.0804. The standard InChI is InChI=1S/C10H7ClN4O4S/c11-10-12-6-5-9(13-10)14-20(18,19)8-4-2-1-3-7(8)15(16)17/h1-6H,(H,12,13,14). The molecule has 8 nitrogen and oxygen atoms in total. The Morgan fingerprint density at radius 3 is 2.60 bits per heavy atom. The molecule has 1 aromatic heterocycles. The van der Waals surface area contributed by atoms with Crippen molar-refractivity contribution in [3.8, 4) is 0 Å². The zero-order valence-corrected chi connectivity index (χ0v) is 11.3. The highest BCUT2D eigenvalue weighted by Gasteiger charge is 2.25. The van der Waals surface area contributed by atoms with E-state index in [-0.39, 0.29) is 11.1 Å². The van der Waals surface area contributed by atoms with E-state index in [1.54, 1.807) is 0 Å². The number of sulfonamides is 1. The van der Waals surface area contributed by atoms with Crippen LogP contribution in [0.25, 0.3) is 0 Å². The van der Waals surface area contributed by atoms with Gasteiger partial charge in [-0.15, -0.1) is 0 Å². The van der Waals surface area contributed by atoms with Gasteiger partial charge >= 0.3 is 0 Å². The summed E-state index contributed by atoms with van der Waals surface area (Å²) in [7, 11) is -4.15. The molecular formula is C10H7ClN4O4S. The molecule has 0 radical (unpaired) electrons. The fourth-order valence-corrected chi connectivity index (χ4v) is 2.74. The van der Waals surface area contributed by atoms with E-state index in [0.717, 1.165) is 12.1 Å². The summed E-state index contributed by atoms with van der Waals surface area (Å²) in [6.07, 6.45) is 1.26. The maximum Gasteiger partial charge on any atom is 0.289 e. The molecule has 0 bridgehead atoms. The van der Waals surface area contributed by atoms with Crippen LogP contribution in [0.1, 0.15) is 0 Å². The zero-order chi connectivity index (χ0) is 14.8. The molecule has 104 valence electrons. The predicted molar refractivity (Wildman–Crippen MR) is 70.9 cm³/mol. The van der Waals surface area contributed by atoms with Crippen molar-refractivity contribution in [2.75, 3.05) is 4.72 Å². The first kappa shape index (κ1) is 14.2. The van der Waals surface area contributed by atoms with Gasteiger partial charge in [-0.2, -0.15) is 4.98 Å². The number of nitro benzene ring substituents is 1. The van der Waals surface area contributed by atoms with Crippen LogP contribution in [0.5, 0.6) is 0 Å². The van der Waals surface area contributed by atoms with Gasteiger partial charge in [0.1, 0.15) is 5.82 Å². The van der Waals surface area contributed by atoms with Crippen LogP contribution >= 0.6 is 11.6 Å². The molecule has 0 atom stereocenters. The molecule has 20 heavy (non-hydrogen) atoms. The van der Waals surface area contributed by atoms with Crippen LogP contribution < -0.4 is 4.72 Å². The van der Waals surface area contributed by atoms with Gasteiger partial charge in [0.25, 0.3) is 15.7 Å². The Hall–Kier alpha value is -2.26. The second-order valence-electron chi connectivity index (χ2n) is 3.54.